The lowest BCUT2D eigenvalue weighted by Crippen LogP contribution is -2.13. The van der Waals surface area contributed by atoms with E-state index in [0.29, 0.717) is 13.2 Å². The molecule has 1 saturated heterocycles. The molecule has 1 fully saturated rings. The highest BCUT2D eigenvalue weighted by molar-refractivity contribution is 5.81. The van der Waals surface area contributed by atoms with Crippen LogP contribution in [0.5, 0.6) is 0 Å². The van der Waals surface area contributed by atoms with Crippen molar-refractivity contribution in [1.82, 2.24) is 0 Å². The summed E-state index contributed by atoms with van der Waals surface area (Å²) in [6.45, 7) is 5.33. The molecule has 0 aliphatic carbocycles. The SMILES string of the molecule is C=CC(=O)OCCCCCCCCOC1COC(c2ccccc2-c2ccccc2)C1. The van der Waals surface area contributed by atoms with Gasteiger partial charge in [-0.1, -0.05) is 86.9 Å². The molecule has 31 heavy (non-hydrogen) atoms. The van der Waals surface area contributed by atoms with E-state index in [-0.39, 0.29) is 18.2 Å². The Labute approximate surface area is 186 Å². The third kappa shape index (κ3) is 7.64. The standard InChI is InChI=1S/C27H34O4/c1-2-27(28)30-19-13-6-4-3-5-12-18-29-23-20-26(31-21-23)25-17-11-10-16-24(25)22-14-8-7-9-15-22/h2,7-11,14-17,23,26H,1,3-6,12-13,18-21H2. The Hall–Kier alpha value is -2.43. The van der Waals surface area contributed by atoms with Crippen LogP contribution in [0.25, 0.3) is 11.1 Å². The van der Waals surface area contributed by atoms with Gasteiger partial charge in [0, 0.05) is 19.1 Å². The number of unbranched alkanes of at least 4 members (excludes halogenated alkanes) is 5. The van der Waals surface area contributed by atoms with Crippen molar-refractivity contribution in [2.75, 3.05) is 19.8 Å². The fraction of sp³-hybridized carbons (Fsp3) is 0.444. The second kappa shape index (κ2) is 13.1. The van der Waals surface area contributed by atoms with E-state index in [0.717, 1.165) is 38.7 Å². The number of rotatable bonds is 13. The van der Waals surface area contributed by atoms with Gasteiger partial charge in [-0.05, 0) is 29.5 Å². The van der Waals surface area contributed by atoms with Crippen molar-refractivity contribution in [2.24, 2.45) is 0 Å². The summed E-state index contributed by atoms with van der Waals surface area (Å²) in [4.78, 5) is 10.9. The molecule has 3 rings (SSSR count). The highest BCUT2D eigenvalue weighted by atomic mass is 16.6. The summed E-state index contributed by atoms with van der Waals surface area (Å²) in [5, 5.41) is 0. The lowest BCUT2D eigenvalue weighted by Gasteiger charge is -2.15. The van der Waals surface area contributed by atoms with E-state index in [2.05, 4.69) is 55.1 Å². The minimum absolute atomic E-state index is 0.0941. The number of ether oxygens (including phenoxy) is 3. The average molecular weight is 423 g/mol. The number of benzene rings is 2. The molecular formula is C27H34O4. The molecular weight excluding hydrogens is 388 g/mol. The van der Waals surface area contributed by atoms with Crippen molar-refractivity contribution in [3.63, 3.8) is 0 Å². The van der Waals surface area contributed by atoms with E-state index >= 15 is 0 Å². The summed E-state index contributed by atoms with van der Waals surface area (Å²) < 4.78 is 17.2. The highest BCUT2D eigenvalue weighted by Crippen LogP contribution is 2.36. The Morgan fingerprint density at radius 2 is 1.61 bits per heavy atom. The van der Waals surface area contributed by atoms with Gasteiger partial charge < -0.3 is 14.2 Å². The fourth-order valence-corrected chi connectivity index (χ4v) is 3.98. The summed E-state index contributed by atoms with van der Waals surface area (Å²) in [6, 6.07) is 19.0. The molecule has 2 atom stereocenters. The molecule has 0 aromatic heterocycles. The first-order valence-corrected chi connectivity index (χ1v) is 11.4. The molecule has 166 valence electrons. The summed E-state index contributed by atoms with van der Waals surface area (Å²) in [6.07, 6.45) is 8.99. The lowest BCUT2D eigenvalue weighted by atomic mass is 9.95. The van der Waals surface area contributed by atoms with Crippen LogP contribution in [0.1, 0.15) is 56.6 Å². The smallest absolute Gasteiger partial charge is 0.330 e. The van der Waals surface area contributed by atoms with Crippen LogP contribution >= 0.6 is 0 Å². The lowest BCUT2D eigenvalue weighted by molar-refractivity contribution is -0.137. The van der Waals surface area contributed by atoms with E-state index in [1.54, 1.807) is 0 Å². The van der Waals surface area contributed by atoms with Crippen molar-refractivity contribution < 1.29 is 19.0 Å². The van der Waals surface area contributed by atoms with Crippen LogP contribution in [0.4, 0.5) is 0 Å². The molecule has 1 aliphatic heterocycles. The van der Waals surface area contributed by atoms with E-state index in [4.69, 9.17) is 14.2 Å². The quantitative estimate of drug-likeness (QED) is 0.217. The van der Waals surface area contributed by atoms with Gasteiger partial charge in [0.2, 0.25) is 0 Å². The maximum absolute atomic E-state index is 10.9. The third-order valence-electron chi connectivity index (χ3n) is 5.66. The highest BCUT2D eigenvalue weighted by Gasteiger charge is 2.28. The van der Waals surface area contributed by atoms with Crippen molar-refractivity contribution in [2.45, 2.75) is 57.2 Å². The first-order valence-electron chi connectivity index (χ1n) is 11.4. The number of carbonyl (C=O) groups excluding carboxylic acids is 1. The van der Waals surface area contributed by atoms with Crippen LogP contribution in [0, 0.1) is 0 Å². The van der Waals surface area contributed by atoms with Crippen LogP contribution < -0.4 is 0 Å². The second-order valence-corrected chi connectivity index (χ2v) is 8.00. The predicted molar refractivity (Wildman–Crippen MR) is 124 cm³/mol. The molecule has 2 aromatic carbocycles. The van der Waals surface area contributed by atoms with Gasteiger partial charge in [0.05, 0.1) is 25.4 Å². The Kier molecular flexibility index (Phi) is 9.81. The Morgan fingerprint density at radius 3 is 2.39 bits per heavy atom. The monoisotopic (exact) mass is 422 g/mol. The number of hydrogen-bond donors (Lipinski definition) is 0. The Bertz CT molecular complexity index is 802. The van der Waals surface area contributed by atoms with E-state index < -0.39 is 0 Å². The zero-order valence-corrected chi connectivity index (χ0v) is 18.3. The minimum atomic E-state index is -0.334. The van der Waals surface area contributed by atoms with Crippen molar-refractivity contribution in [3.8, 4) is 11.1 Å². The van der Waals surface area contributed by atoms with Gasteiger partial charge in [0.15, 0.2) is 0 Å². The van der Waals surface area contributed by atoms with E-state index in [9.17, 15) is 4.79 Å². The third-order valence-corrected chi connectivity index (χ3v) is 5.66. The first-order chi connectivity index (χ1) is 15.3. The van der Waals surface area contributed by atoms with Gasteiger partial charge >= 0.3 is 5.97 Å². The molecule has 4 nitrogen and oxygen atoms in total. The molecule has 1 aliphatic rings. The van der Waals surface area contributed by atoms with Crippen LogP contribution in [-0.2, 0) is 19.0 Å². The first kappa shape index (κ1) is 23.2. The van der Waals surface area contributed by atoms with Crippen molar-refractivity contribution in [3.05, 3.63) is 72.8 Å². The molecule has 0 N–H and O–H groups in total. The van der Waals surface area contributed by atoms with Crippen LogP contribution in [0.2, 0.25) is 0 Å². The van der Waals surface area contributed by atoms with Gasteiger partial charge in [-0.15, -0.1) is 0 Å². The van der Waals surface area contributed by atoms with Crippen LogP contribution in [0.15, 0.2) is 67.3 Å². The normalized spacial score (nSPS) is 18.1. The van der Waals surface area contributed by atoms with Crippen molar-refractivity contribution >= 4 is 5.97 Å². The van der Waals surface area contributed by atoms with E-state index in [1.165, 1.54) is 35.6 Å². The molecule has 0 bridgehead atoms. The molecule has 0 spiro atoms. The Morgan fingerprint density at radius 1 is 0.935 bits per heavy atom. The maximum Gasteiger partial charge on any atom is 0.330 e. The molecule has 1 heterocycles. The minimum Gasteiger partial charge on any atom is -0.463 e. The zero-order valence-electron chi connectivity index (χ0n) is 18.3. The van der Waals surface area contributed by atoms with Gasteiger partial charge in [-0.25, -0.2) is 4.79 Å². The molecule has 2 unspecified atom stereocenters. The van der Waals surface area contributed by atoms with E-state index in [1.807, 2.05) is 6.07 Å². The zero-order chi connectivity index (χ0) is 21.7. The largest absolute Gasteiger partial charge is 0.463 e. The van der Waals surface area contributed by atoms with Gasteiger partial charge in [0.1, 0.15) is 0 Å². The van der Waals surface area contributed by atoms with Gasteiger partial charge in [-0.3, -0.25) is 0 Å². The molecule has 0 saturated carbocycles. The maximum atomic E-state index is 10.9. The second-order valence-electron chi connectivity index (χ2n) is 8.00. The predicted octanol–water partition coefficient (Wildman–Crippen LogP) is 6.27. The number of carbonyl (C=O) groups is 1. The Balaban J connectivity index is 1.30. The number of esters is 1. The number of hydrogen-bond acceptors (Lipinski definition) is 4. The molecule has 4 heteroatoms. The summed E-state index contributed by atoms with van der Waals surface area (Å²) in [5.41, 5.74) is 3.72. The molecule has 2 aromatic rings. The topological polar surface area (TPSA) is 44.8 Å². The average Bonchev–Trinajstić information content (AvgIpc) is 3.29. The van der Waals surface area contributed by atoms with Crippen LogP contribution in [-0.4, -0.2) is 31.9 Å². The molecule has 0 amide bonds. The van der Waals surface area contributed by atoms with Gasteiger partial charge in [0.25, 0.3) is 0 Å². The van der Waals surface area contributed by atoms with Crippen molar-refractivity contribution in [1.29, 1.82) is 0 Å². The molecule has 0 radical (unpaired) electrons. The fourth-order valence-electron chi connectivity index (χ4n) is 3.98. The van der Waals surface area contributed by atoms with Crippen LogP contribution in [0.3, 0.4) is 0 Å². The summed E-state index contributed by atoms with van der Waals surface area (Å²) in [7, 11) is 0. The summed E-state index contributed by atoms with van der Waals surface area (Å²) >= 11 is 0. The summed E-state index contributed by atoms with van der Waals surface area (Å²) in [5.74, 6) is -0.334. The van der Waals surface area contributed by atoms with Gasteiger partial charge in [-0.2, -0.15) is 0 Å².